The van der Waals surface area contributed by atoms with Gasteiger partial charge in [0.2, 0.25) is 47.3 Å². The van der Waals surface area contributed by atoms with Gasteiger partial charge in [0, 0.05) is 91.9 Å². The van der Waals surface area contributed by atoms with Crippen molar-refractivity contribution in [1.82, 2.24) is 31.9 Å². The predicted molar refractivity (Wildman–Crippen MR) is 360 cm³/mol. The Morgan fingerprint density at radius 2 is 0.793 bits per heavy atom. The first-order chi connectivity index (χ1) is 44.2. The lowest BCUT2D eigenvalue weighted by atomic mass is 9.96. The Labute approximate surface area is 535 Å². The number of para-hydroxylation sites is 1. The van der Waals surface area contributed by atoms with Gasteiger partial charge in [0.25, 0.3) is 0 Å². The van der Waals surface area contributed by atoms with Crippen LogP contribution >= 0.6 is 0 Å². The van der Waals surface area contributed by atoms with Crippen molar-refractivity contribution in [1.29, 1.82) is 0 Å². The molecule has 0 fully saturated rings. The van der Waals surface area contributed by atoms with Crippen molar-refractivity contribution in [2.24, 2.45) is 5.73 Å². The molecule has 1 aliphatic rings. The standard InChI is InChI=1S/C71H81N13O8/c1-44-37-50-9-4-5-10-51(50)43-84(63-12-7-6-11-57(44)63)66(87)35-34-64(85)78-36-8-2-3-13-65(86)79-59(39-46-16-26-53(73)27-17-46)68(89)81-61(41-48-20-30-55(75)31-21-48)70(91)83-62(42-49-22-32-56(76)33-23-49)71(92)82-60(40-47-18-28-54(74)29-19-47)69(90)80-58(67(77)88)38-45-14-24-52(72)25-15-45/h4-7,9-12,14-33,37,58-62H,2-3,8,13,34-36,38-43,72-76H2,1H3,(H2,77,88)(H,78,85)(H,79,86)(H,80,90)(H,81,89)(H,82,92)(H,83,91)/b44-37-. The van der Waals surface area contributed by atoms with Crippen LogP contribution in [0, 0.1) is 0 Å². The normalized spacial score (nSPS) is 13.9. The number of hydrogen-bond donors (Lipinski definition) is 12. The molecule has 21 heteroatoms. The van der Waals surface area contributed by atoms with Gasteiger partial charge in [-0.05, 0) is 131 Å². The van der Waals surface area contributed by atoms with Gasteiger partial charge in [0.1, 0.15) is 30.2 Å². The lowest BCUT2D eigenvalue weighted by Gasteiger charge is -2.28. The topological polar surface area (TPSA) is 368 Å². The van der Waals surface area contributed by atoms with Crippen molar-refractivity contribution in [3.05, 3.63) is 214 Å². The monoisotopic (exact) mass is 1240 g/mol. The van der Waals surface area contributed by atoms with Gasteiger partial charge >= 0.3 is 0 Å². The number of primary amides is 1. The number of carbonyl (C=O) groups is 8. The minimum Gasteiger partial charge on any atom is -0.399 e. The summed E-state index contributed by atoms with van der Waals surface area (Å²) in [6, 6.07) is 42.7. The van der Waals surface area contributed by atoms with Crippen LogP contribution in [0.15, 0.2) is 170 Å². The summed E-state index contributed by atoms with van der Waals surface area (Å²) in [5, 5.41) is 17.0. The highest BCUT2D eigenvalue weighted by Crippen LogP contribution is 2.34. The van der Waals surface area contributed by atoms with Gasteiger partial charge < -0.3 is 71.2 Å². The minimum absolute atomic E-state index is 0.00284. The molecule has 8 amide bonds. The van der Waals surface area contributed by atoms with Crippen LogP contribution < -0.4 is 71.2 Å². The van der Waals surface area contributed by atoms with Crippen LogP contribution in [0.2, 0.25) is 0 Å². The van der Waals surface area contributed by atoms with Gasteiger partial charge in [0.05, 0.1) is 12.2 Å². The molecule has 0 spiro atoms. The fourth-order valence-corrected chi connectivity index (χ4v) is 10.8. The zero-order valence-corrected chi connectivity index (χ0v) is 51.5. The molecule has 0 saturated heterocycles. The summed E-state index contributed by atoms with van der Waals surface area (Å²) >= 11 is 0. The molecule has 0 saturated carbocycles. The number of nitrogens with zero attached hydrogens (tertiary/aromatic N) is 1. The van der Waals surface area contributed by atoms with E-state index in [1.165, 1.54) is 0 Å². The van der Waals surface area contributed by atoms with Crippen molar-refractivity contribution < 1.29 is 38.4 Å². The van der Waals surface area contributed by atoms with Gasteiger partial charge in [-0.1, -0.05) is 116 Å². The van der Waals surface area contributed by atoms with Crippen LogP contribution in [0.5, 0.6) is 0 Å². The van der Waals surface area contributed by atoms with Crippen molar-refractivity contribution >= 4 is 93.0 Å². The van der Waals surface area contributed by atoms with Crippen LogP contribution in [0.1, 0.15) is 90.0 Å². The Kier molecular flexibility index (Phi) is 23.7. The first-order valence-electron chi connectivity index (χ1n) is 30.7. The third kappa shape index (κ3) is 20.0. The van der Waals surface area contributed by atoms with Crippen LogP contribution in [0.4, 0.5) is 34.1 Å². The molecule has 1 heterocycles. The third-order valence-electron chi connectivity index (χ3n) is 16.0. The summed E-state index contributed by atoms with van der Waals surface area (Å²) in [4.78, 5) is 114. The molecule has 0 bridgehead atoms. The third-order valence-corrected chi connectivity index (χ3v) is 16.0. The average Bonchev–Trinajstić information content (AvgIpc) is 0.823. The van der Waals surface area contributed by atoms with E-state index in [1.54, 1.807) is 126 Å². The average molecular weight is 1240 g/mol. The van der Waals surface area contributed by atoms with Crippen molar-refractivity contribution in [3.63, 3.8) is 0 Å². The first kappa shape index (κ1) is 67.0. The Hall–Kier alpha value is -11.0. The molecule has 92 heavy (non-hydrogen) atoms. The Balaban J connectivity index is 0.929. The molecule has 0 aromatic heterocycles. The second kappa shape index (κ2) is 32.5. The molecular weight excluding hydrogens is 1160 g/mol. The fraction of sp³-hybridized carbons (Fsp3) is 0.268. The summed E-state index contributed by atoms with van der Waals surface area (Å²) in [6.07, 6.45) is 3.43. The summed E-state index contributed by atoms with van der Waals surface area (Å²) in [5.41, 5.74) is 46.1. The predicted octanol–water partition coefficient (Wildman–Crippen LogP) is 5.58. The first-order valence-corrected chi connectivity index (χ1v) is 30.7. The molecular formula is C71H81N13O8. The highest BCUT2D eigenvalue weighted by atomic mass is 16.2. The Morgan fingerprint density at radius 1 is 0.413 bits per heavy atom. The number of benzene rings is 7. The molecule has 7 aromatic carbocycles. The van der Waals surface area contributed by atoms with E-state index in [-0.39, 0.29) is 63.2 Å². The molecule has 5 unspecified atom stereocenters. The molecule has 21 nitrogen and oxygen atoms in total. The lowest BCUT2D eigenvalue weighted by molar-refractivity contribution is -0.135. The maximum absolute atomic E-state index is 15.0. The minimum atomic E-state index is -1.39. The second-order valence-electron chi connectivity index (χ2n) is 23.2. The fourth-order valence-electron chi connectivity index (χ4n) is 10.8. The number of fused-ring (bicyclic) bond motifs is 2. The summed E-state index contributed by atoms with van der Waals surface area (Å²) in [5.74, 6) is -4.72. The van der Waals surface area contributed by atoms with Crippen molar-refractivity contribution in [2.45, 2.75) is 114 Å². The van der Waals surface area contributed by atoms with Gasteiger partial charge in [-0.3, -0.25) is 38.4 Å². The smallest absolute Gasteiger partial charge is 0.243 e. The number of nitrogen functional groups attached to an aromatic ring is 5. The zero-order chi connectivity index (χ0) is 65.7. The van der Waals surface area contributed by atoms with E-state index in [9.17, 15) is 38.4 Å². The van der Waals surface area contributed by atoms with Crippen LogP contribution in [-0.4, -0.2) is 84.0 Å². The van der Waals surface area contributed by atoms with Crippen LogP contribution in [0.3, 0.4) is 0 Å². The van der Waals surface area contributed by atoms with E-state index < -0.39 is 65.7 Å². The summed E-state index contributed by atoms with van der Waals surface area (Å²) in [6.45, 7) is 2.71. The highest BCUT2D eigenvalue weighted by Gasteiger charge is 2.34. The maximum Gasteiger partial charge on any atom is 0.243 e. The molecule has 0 aliphatic carbocycles. The molecule has 8 rings (SSSR count). The van der Waals surface area contributed by atoms with E-state index in [2.05, 4.69) is 38.0 Å². The number of unbranched alkanes of at least 4 members (excludes halogenated alkanes) is 2. The van der Waals surface area contributed by atoms with E-state index in [0.29, 0.717) is 88.6 Å². The summed E-state index contributed by atoms with van der Waals surface area (Å²) in [7, 11) is 0. The van der Waals surface area contributed by atoms with Crippen LogP contribution in [0.25, 0.3) is 11.6 Å². The van der Waals surface area contributed by atoms with E-state index >= 15 is 0 Å². The quantitative estimate of drug-likeness (QED) is 0.0201. The SMILES string of the molecule is C/C1=C/c2ccccc2CN(C(=O)CCC(=O)NCCCCCC(=O)NC(Cc2ccc(N)cc2)C(=O)NC(Cc2ccc(N)cc2)C(=O)NC(Cc2ccc(N)cc2)C(=O)NC(Cc2ccc(N)cc2)C(=O)NC(Cc2ccc(N)cc2)C(N)=O)c2ccccc21. The van der Waals surface area contributed by atoms with Gasteiger partial charge in [0.15, 0.2) is 0 Å². The number of nitrogens with one attached hydrogen (secondary N) is 6. The largest absolute Gasteiger partial charge is 0.399 e. The molecule has 0 radical (unpaired) electrons. The number of amides is 8. The lowest BCUT2D eigenvalue weighted by Crippen LogP contribution is -2.60. The number of nitrogens with two attached hydrogens (primary N) is 6. The zero-order valence-electron chi connectivity index (χ0n) is 51.5. The van der Waals surface area contributed by atoms with Crippen LogP contribution in [-0.2, 0) is 77.0 Å². The maximum atomic E-state index is 15.0. The number of carbonyl (C=O) groups excluding carboxylic acids is 8. The molecule has 18 N–H and O–H groups in total. The van der Waals surface area contributed by atoms with E-state index in [0.717, 1.165) is 28.0 Å². The Bertz CT molecular complexity index is 3750. The number of rotatable bonds is 29. The van der Waals surface area contributed by atoms with E-state index in [4.69, 9.17) is 34.4 Å². The van der Waals surface area contributed by atoms with Crippen molar-refractivity contribution in [2.75, 3.05) is 40.1 Å². The molecule has 478 valence electrons. The molecule has 5 atom stereocenters. The molecule has 7 aromatic rings. The molecule has 1 aliphatic heterocycles. The van der Waals surface area contributed by atoms with Crippen molar-refractivity contribution in [3.8, 4) is 0 Å². The Morgan fingerprint density at radius 3 is 1.23 bits per heavy atom. The number of anilines is 6. The highest BCUT2D eigenvalue weighted by molar-refractivity contribution is 6.01. The van der Waals surface area contributed by atoms with Gasteiger partial charge in [-0.25, -0.2) is 0 Å². The second-order valence-corrected chi connectivity index (χ2v) is 23.2. The van der Waals surface area contributed by atoms with Gasteiger partial charge in [-0.15, -0.1) is 0 Å². The number of hydrogen-bond acceptors (Lipinski definition) is 13. The van der Waals surface area contributed by atoms with Gasteiger partial charge in [-0.2, -0.15) is 0 Å². The van der Waals surface area contributed by atoms with E-state index in [1.807, 2.05) is 55.5 Å². The number of allylic oxidation sites excluding steroid dienone is 1. The summed E-state index contributed by atoms with van der Waals surface area (Å²) < 4.78 is 0.